The Morgan fingerprint density at radius 1 is 0.731 bits per heavy atom. The Morgan fingerprint density at radius 2 is 1.19 bits per heavy atom. The van der Waals surface area contributed by atoms with Gasteiger partial charge in [-0.3, -0.25) is 9.59 Å². The zero-order valence-corrected chi connectivity index (χ0v) is 18.1. The van der Waals surface area contributed by atoms with Gasteiger partial charge in [-0.05, 0) is 46.5 Å². The molecule has 0 spiro atoms. The molecule has 0 atom stereocenters. The summed E-state index contributed by atoms with van der Waals surface area (Å²) in [5.41, 5.74) is -0.416. The van der Waals surface area contributed by atoms with Gasteiger partial charge in [-0.2, -0.15) is 0 Å². The van der Waals surface area contributed by atoms with Crippen LogP contribution in [0, 0.1) is 0 Å². The molecule has 0 aliphatic carbocycles. The maximum Gasteiger partial charge on any atom is 0.306 e. The number of hydrogen-bond acceptors (Lipinski definition) is 6. The minimum atomic E-state index is -0.416. The van der Waals surface area contributed by atoms with E-state index in [4.69, 9.17) is 18.9 Å². The normalized spacial score (nSPS) is 11.5. The highest BCUT2D eigenvalue weighted by atomic mass is 79.9. The molecule has 0 aliphatic heterocycles. The van der Waals surface area contributed by atoms with Gasteiger partial charge in [-0.25, -0.2) is 0 Å². The van der Waals surface area contributed by atoms with Gasteiger partial charge in [0.05, 0.1) is 31.8 Å². The number of unbranched alkanes of at least 4 members (excludes halogenated alkanes) is 2. The van der Waals surface area contributed by atoms with Crippen LogP contribution in [0.5, 0.6) is 0 Å². The van der Waals surface area contributed by atoms with Crippen molar-refractivity contribution in [2.75, 3.05) is 45.0 Å². The molecule has 6 nitrogen and oxygen atoms in total. The van der Waals surface area contributed by atoms with E-state index in [-0.39, 0.29) is 11.8 Å². The number of ether oxygens (including phenoxy) is 4. The van der Waals surface area contributed by atoms with Crippen molar-refractivity contribution < 1.29 is 28.5 Å². The lowest BCUT2D eigenvalue weighted by molar-refractivity contribution is -0.155. The molecule has 0 aromatic carbocycles. The summed E-state index contributed by atoms with van der Waals surface area (Å²) in [6.07, 6.45) is 4.40. The van der Waals surface area contributed by atoms with Crippen molar-refractivity contribution in [1.82, 2.24) is 0 Å². The first-order valence-electron chi connectivity index (χ1n) is 9.38. The van der Waals surface area contributed by atoms with Gasteiger partial charge in [-0.1, -0.05) is 15.9 Å². The van der Waals surface area contributed by atoms with Gasteiger partial charge in [0.2, 0.25) is 0 Å². The van der Waals surface area contributed by atoms with Crippen molar-refractivity contribution in [3.05, 3.63) is 0 Å². The summed E-state index contributed by atoms with van der Waals surface area (Å²) in [6.45, 7) is 9.07. The van der Waals surface area contributed by atoms with E-state index in [0.29, 0.717) is 57.8 Å². The van der Waals surface area contributed by atoms with Crippen LogP contribution >= 0.6 is 15.9 Å². The summed E-state index contributed by atoms with van der Waals surface area (Å²) in [7, 11) is 0. The minimum Gasteiger partial charge on any atom is -0.460 e. The summed E-state index contributed by atoms with van der Waals surface area (Å²) < 4.78 is 21.5. The average molecular weight is 439 g/mol. The first-order chi connectivity index (χ1) is 12.3. The zero-order chi connectivity index (χ0) is 19.7. The fourth-order valence-corrected chi connectivity index (χ4v) is 2.28. The van der Waals surface area contributed by atoms with Crippen LogP contribution in [-0.4, -0.2) is 62.3 Å². The molecule has 0 N–H and O–H groups in total. The molecule has 26 heavy (non-hydrogen) atoms. The fraction of sp³-hybridized carbons (Fsp3) is 0.895. The number of hydrogen-bond donors (Lipinski definition) is 0. The van der Waals surface area contributed by atoms with Crippen molar-refractivity contribution in [3.8, 4) is 0 Å². The highest BCUT2D eigenvalue weighted by molar-refractivity contribution is 9.09. The molecule has 0 radical (unpaired) electrons. The number of halogens is 1. The SMILES string of the molecule is CC(C)(C)OC(=O)CCCCOCCOCCOCCCCC(=O)CBr. The van der Waals surface area contributed by atoms with Gasteiger partial charge in [0, 0.05) is 26.1 Å². The number of Topliss-reactive ketones (excluding diaryl/α,β-unsaturated/α-hetero) is 1. The van der Waals surface area contributed by atoms with Crippen LogP contribution in [0.15, 0.2) is 0 Å². The zero-order valence-electron chi connectivity index (χ0n) is 16.5. The van der Waals surface area contributed by atoms with E-state index in [1.54, 1.807) is 0 Å². The molecule has 0 heterocycles. The molecule has 0 amide bonds. The molecule has 7 heteroatoms. The Bertz CT molecular complexity index is 368. The largest absolute Gasteiger partial charge is 0.460 e. The highest BCUT2D eigenvalue weighted by Crippen LogP contribution is 2.09. The molecule has 0 fully saturated rings. The van der Waals surface area contributed by atoms with Crippen molar-refractivity contribution in [2.45, 2.75) is 64.9 Å². The topological polar surface area (TPSA) is 71.1 Å². The van der Waals surface area contributed by atoms with E-state index in [2.05, 4.69) is 15.9 Å². The highest BCUT2D eigenvalue weighted by Gasteiger charge is 2.15. The van der Waals surface area contributed by atoms with Gasteiger partial charge in [-0.15, -0.1) is 0 Å². The van der Waals surface area contributed by atoms with E-state index in [0.717, 1.165) is 25.7 Å². The smallest absolute Gasteiger partial charge is 0.306 e. The molecule has 0 aromatic rings. The number of alkyl halides is 1. The van der Waals surface area contributed by atoms with Gasteiger partial charge in [0.15, 0.2) is 0 Å². The number of carbonyl (C=O) groups is 2. The molecule has 0 saturated carbocycles. The summed E-state index contributed by atoms with van der Waals surface area (Å²) in [5.74, 6) is 0.0775. The lowest BCUT2D eigenvalue weighted by Crippen LogP contribution is -2.23. The van der Waals surface area contributed by atoms with Crippen LogP contribution in [0.3, 0.4) is 0 Å². The predicted molar refractivity (Wildman–Crippen MR) is 105 cm³/mol. The molecular weight excluding hydrogens is 404 g/mol. The van der Waals surface area contributed by atoms with E-state index in [9.17, 15) is 9.59 Å². The maximum atomic E-state index is 11.5. The standard InChI is InChI=1S/C19H35BrO6/c1-19(2,3)26-18(22)9-5-7-11-24-13-15-25-14-12-23-10-6-4-8-17(21)16-20/h4-16H2,1-3H3. The van der Waals surface area contributed by atoms with Gasteiger partial charge in [0.1, 0.15) is 11.4 Å². The Balaban J connectivity index is 3.18. The van der Waals surface area contributed by atoms with Crippen molar-refractivity contribution in [3.63, 3.8) is 0 Å². The third-order valence-corrected chi connectivity index (χ3v) is 3.85. The molecular formula is C19H35BrO6. The molecule has 0 aromatic heterocycles. The summed E-state index contributed by atoms with van der Waals surface area (Å²) in [5, 5.41) is 0.438. The second kappa shape index (κ2) is 16.7. The van der Waals surface area contributed by atoms with Crippen LogP contribution in [-0.2, 0) is 28.5 Å². The molecule has 0 saturated heterocycles. The second-order valence-electron chi connectivity index (χ2n) is 7.01. The van der Waals surface area contributed by atoms with Crippen LogP contribution in [0.1, 0.15) is 59.3 Å². The first kappa shape index (κ1) is 25.5. The average Bonchev–Trinajstić information content (AvgIpc) is 2.56. The Hall–Kier alpha value is -0.500. The van der Waals surface area contributed by atoms with Gasteiger partial charge >= 0.3 is 5.97 Å². The molecule has 0 aliphatic rings. The van der Waals surface area contributed by atoms with Crippen LogP contribution in [0.25, 0.3) is 0 Å². The number of ketones is 1. The van der Waals surface area contributed by atoms with Crippen LogP contribution < -0.4 is 0 Å². The van der Waals surface area contributed by atoms with Crippen molar-refractivity contribution in [1.29, 1.82) is 0 Å². The minimum absolute atomic E-state index is 0.157. The third kappa shape index (κ3) is 19.8. The summed E-state index contributed by atoms with van der Waals surface area (Å²) in [6, 6.07) is 0. The monoisotopic (exact) mass is 438 g/mol. The van der Waals surface area contributed by atoms with E-state index in [1.807, 2.05) is 20.8 Å². The Morgan fingerprint density at radius 3 is 1.65 bits per heavy atom. The summed E-state index contributed by atoms with van der Waals surface area (Å²) in [4.78, 5) is 22.6. The van der Waals surface area contributed by atoms with Crippen molar-refractivity contribution >= 4 is 27.7 Å². The third-order valence-electron chi connectivity index (χ3n) is 3.23. The lowest BCUT2D eigenvalue weighted by Gasteiger charge is -2.19. The quantitative estimate of drug-likeness (QED) is 0.196. The van der Waals surface area contributed by atoms with Crippen molar-refractivity contribution in [2.24, 2.45) is 0 Å². The van der Waals surface area contributed by atoms with Crippen LogP contribution in [0.4, 0.5) is 0 Å². The van der Waals surface area contributed by atoms with E-state index < -0.39 is 5.60 Å². The maximum absolute atomic E-state index is 11.5. The Labute approximate surface area is 166 Å². The molecule has 0 bridgehead atoms. The number of rotatable bonds is 17. The molecule has 0 rings (SSSR count). The van der Waals surface area contributed by atoms with Crippen LogP contribution in [0.2, 0.25) is 0 Å². The van der Waals surface area contributed by atoms with E-state index in [1.165, 1.54) is 0 Å². The second-order valence-corrected chi connectivity index (χ2v) is 7.57. The number of carbonyl (C=O) groups excluding carboxylic acids is 2. The summed E-state index contributed by atoms with van der Waals surface area (Å²) >= 11 is 3.15. The Kier molecular flexibility index (Phi) is 16.3. The molecule has 0 unspecified atom stereocenters. The van der Waals surface area contributed by atoms with Gasteiger partial charge < -0.3 is 18.9 Å². The van der Waals surface area contributed by atoms with E-state index >= 15 is 0 Å². The predicted octanol–water partition coefficient (Wildman–Crippen LogP) is 3.68. The first-order valence-corrected chi connectivity index (χ1v) is 10.5. The van der Waals surface area contributed by atoms with Gasteiger partial charge in [0.25, 0.3) is 0 Å². The fourth-order valence-electron chi connectivity index (χ4n) is 2.00. The number of esters is 1. The molecule has 154 valence electrons. The lowest BCUT2D eigenvalue weighted by atomic mass is 10.2.